The molecule has 6 rings (SSSR count). The monoisotopic (exact) mass is 350 g/mol. The van der Waals surface area contributed by atoms with Gasteiger partial charge in [-0.05, 0) is 74.6 Å². The number of carbonyl (C=O) groups is 1. The van der Waals surface area contributed by atoms with Crippen molar-refractivity contribution in [1.82, 2.24) is 14.9 Å². The molecule has 0 saturated heterocycles. The quantitative estimate of drug-likeness (QED) is 0.861. The number of benzene rings is 1. The molecule has 1 spiro atoms. The zero-order valence-corrected chi connectivity index (χ0v) is 15.3. The Morgan fingerprint density at radius 3 is 2.73 bits per heavy atom. The number of aromatic nitrogens is 2. The number of amides is 2. The number of rotatable bonds is 3. The van der Waals surface area contributed by atoms with Crippen LogP contribution in [0.25, 0.3) is 5.69 Å². The van der Waals surface area contributed by atoms with Gasteiger partial charge in [-0.15, -0.1) is 0 Å². The van der Waals surface area contributed by atoms with Crippen LogP contribution in [0.2, 0.25) is 0 Å². The van der Waals surface area contributed by atoms with Crippen LogP contribution < -0.4 is 10.6 Å². The standard InChI is InChI=1S/C21H26N4O/c1-15-22-9-10-25(15)18-6-4-17(5-7-18)23-19(26)24-21-12-16-3-2-8-20(11-16,13-21)14-21/h4-7,9-10,16H,2-3,8,11-14H2,1H3,(H2,23,24,26). The largest absolute Gasteiger partial charge is 0.332 e. The molecule has 5 heteroatoms. The minimum atomic E-state index is -0.0635. The maximum atomic E-state index is 12.6. The van der Waals surface area contributed by atoms with Crippen molar-refractivity contribution in [3.8, 4) is 5.69 Å². The van der Waals surface area contributed by atoms with Gasteiger partial charge in [0, 0.05) is 29.3 Å². The van der Waals surface area contributed by atoms with Gasteiger partial charge in [0.25, 0.3) is 0 Å². The molecule has 1 atom stereocenters. The van der Waals surface area contributed by atoms with Gasteiger partial charge < -0.3 is 15.2 Å². The van der Waals surface area contributed by atoms with Gasteiger partial charge in [-0.25, -0.2) is 9.78 Å². The van der Waals surface area contributed by atoms with E-state index in [4.69, 9.17) is 0 Å². The highest BCUT2D eigenvalue weighted by Gasteiger charge is 2.61. The summed E-state index contributed by atoms with van der Waals surface area (Å²) in [5.41, 5.74) is 2.48. The fraction of sp³-hybridized carbons (Fsp3) is 0.524. The van der Waals surface area contributed by atoms with E-state index < -0.39 is 0 Å². The number of hydrogen-bond acceptors (Lipinski definition) is 2. The molecule has 26 heavy (non-hydrogen) atoms. The first-order valence-corrected chi connectivity index (χ1v) is 9.75. The lowest BCUT2D eigenvalue weighted by Crippen LogP contribution is -2.67. The molecular weight excluding hydrogens is 324 g/mol. The molecule has 1 aromatic heterocycles. The third-order valence-electron chi connectivity index (χ3n) is 6.76. The molecule has 2 amide bonds. The van der Waals surface area contributed by atoms with Crippen molar-refractivity contribution >= 4 is 11.7 Å². The van der Waals surface area contributed by atoms with E-state index in [9.17, 15) is 4.79 Å². The second kappa shape index (κ2) is 5.60. The average molecular weight is 350 g/mol. The Morgan fingerprint density at radius 1 is 1.23 bits per heavy atom. The van der Waals surface area contributed by atoms with Crippen molar-refractivity contribution in [3.63, 3.8) is 0 Å². The molecule has 0 radical (unpaired) electrons. The summed E-state index contributed by atoms with van der Waals surface area (Å²) in [5, 5.41) is 6.33. The molecule has 4 aliphatic carbocycles. The highest BCUT2D eigenvalue weighted by molar-refractivity contribution is 5.90. The first-order valence-electron chi connectivity index (χ1n) is 9.75. The van der Waals surface area contributed by atoms with Crippen molar-refractivity contribution in [1.29, 1.82) is 0 Å². The van der Waals surface area contributed by atoms with Gasteiger partial charge in [0.15, 0.2) is 0 Å². The van der Waals surface area contributed by atoms with E-state index in [1.807, 2.05) is 42.0 Å². The molecule has 2 aromatic rings. The van der Waals surface area contributed by atoms with E-state index in [0.717, 1.165) is 23.1 Å². The summed E-state index contributed by atoms with van der Waals surface area (Å²) >= 11 is 0. The Labute approximate surface area is 154 Å². The summed E-state index contributed by atoms with van der Waals surface area (Å²) in [4.78, 5) is 16.8. The van der Waals surface area contributed by atoms with Gasteiger partial charge in [-0.2, -0.15) is 0 Å². The summed E-state index contributed by atoms with van der Waals surface area (Å²) in [5.74, 6) is 1.77. The fourth-order valence-corrected chi connectivity index (χ4v) is 6.06. The Bertz CT molecular complexity index is 826. The van der Waals surface area contributed by atoms with Crippen LogP contribution >= 0.6 is 0 Å². The van der Waals surface area contributed by atoms with Gasteiger partial charge in [-0.3, -0.25) is 0 Å². The van der Waals surface area contributed by atoms with Crippen LogP contribution in [0.4, 0.5) is 10.5 Å². The van der Waals surface area contributed by atoms with E-state index in [-0.39, 0.29) is 11.6 Å². The topological polar surface area (TPSA) is 59.0 Å². The van der Waals surface area contributed by atoms with Crippen LogP contribution in [-0.4, -0.2) is 21.1 Å². The minimum absolute atomic E-state index is 0.0568. The maximum Gasteiger partial charge on any atom is 0.319 e. The summed E-state index contributed by atoms with van der Waals surface area (Å²) in [6, 6.07) is 7.84. The number of urea groups is 1. The SMILES string of the molecule is Cc1nccn1-c1ccc(NC(=O)NC23CC4CCCC(C4)(C2)C3)cc1. The van der Waals surface area contributed by atoms with Gasteiger partial charge in [-0.1, -0.05) is 12.8 Å². The molecule has 1 aromatic carbocycles. The van der Waals surface area contributed by atoms with Crippen molar-refractivity contribution in [2.45, 2.75) is 57.4 Å². The summed E-state index contributed by atoms with van der Waals surface area (Å²) in [7, 11) is 0. The molecule has 4 aliphatic rings. The van der Waals surface area contributed by atoms with Gasteiger partial charge >= 0.3 is 6.03 Å². The van der Waals surface area contributed by atoms with E-state index in [0.29, 0.717) is 5.41 Å². The normalized spacial score (nSPS) is 31.8. The number of nitrogens with one attached hydrogen (secondary N) is 2. The summed E-state index contributed by atoms with van der Waals surface area (Å²) in [6.45, 7) is 1.98. The van der Waals surface area contributed by atoms with Gasteiger partial charge in [0.05, 0.1) is 0 Å². The average Bonchev–Trinajstić information content (AvgIpc) is 3.00. The zero-order chi connectivity index (χ0) is 17.8. The lowest BCUT2D eigenvalue weighted by Gasteiger charge is -2.65. The van der Waals surface area contributed by atoms with Crippen LogP contribution in [0.15, 0.2) is 36.7 Å². The van der Waals surface area contributed by atoms with Crippen molar-refractivity contribution in [2.24, 2.45) is 11.3 Å². The second-order valence-corrected chi connectivity index (χ2v) is 8.77. The summed E-state index contributed by atoms with van der Waals surface area (Å²) in [6.07, 6.45) is 12.8. The Morgan fingerprint density at radius 2 is 2.04 bits per heavy atom. The van der Waals surface area contributed by atoms with Crippen molar-refractivity contribution in [3.05, 3.63) is 42.5 Å². The van der Waals surface area contributed by atoms with Crippen LogP contribution in [-0.2, 0) is 0 Å². The van der Waals surface area contributed by atoms with Crippen LogP contribution in [0.1, 0.15) is 50.8 Å². The zero-order valence-electron chi connectivity index (χ0n) is 15.3. The van der Waals surface area contributed by atoms with Crippen molar-refractivity contribution < 1.29 is 4.79 Å². The molecule has 136 valence electrons. The highest BCUT2D eigenvalue weighted by atomic mass is 16.2. The Balaban J connectivity index is 1.23. The number of carbonyl (C=O) groups excluding carboxylic acids is 1. The maximum absolute atomic E-state index is 12.6. The third-order valence-corrected chi connectivity index (χ3v) is 6.76. The van der Waals surface area contributed by atoms with Gasteiger partial charge in [0.1, 0.15) is 5.82 Å². The van der Waals surface area contributed by atoms with E-state index in [1.54, 1.807) is 6.20 Å². The third kappa shape index (κ3) is 2.61. The first kappa shape index (κ1) is 15.9. The number of aryl methyl sites for hydroxylation is 1. The molecule has 5 nitrogen and oxygen atoms in total. The molecule has 4 saturated carbocycles. The lowest BCUT2D eigenvalue weighted by molar-refractivity contribution is -0.102. The smallest absolute Gasteiger partial charge is 0.319 e. The number of nitrogens with zero attached hydrogens (tertiary/aromatic N) is 2. The highest BCUT2D eigenvalue weighted by Crippen LogP contribution is 2.65. The van der Waals surface area contributed by atoms with Crippen LogP contribution in [0.3, 0.4) is 0 Å². The number of anilines is 1. The summed E-state index contributed by atoms with van der Waals surface area (Å²) < 4.78 is 2.03. The predicted octanol–water partition coefficient (Wildman–Crippen LogP) is 4.42. The van der Waals surface area contributed by atoms with Crippen LogP contribution in [0, 0.1) is 18.3 Å². The molecular formula is C21H26N4O. The van der Waals surface area contributed by atoms with Crippen molar-refractivity contribution in [2.75, 3.05) is 5.32 Å². The van der Waals surface area contributed by atoms with Crippen LogP contribution in [0.5, 0.6) is 0 Å². The molecule has 1 heterocycles. The van der Waals surface area contributed by atoms with E-state index in [1.165, 1.54) is 44.9 Å². The Hall–Kier alpha value is -2.30. The second-order valence-electron chi connectivity index (χ2n) is 8.77. The molecule has 1 unspecified atom stereocenters. The Kier molecular flexibility index (Phi) is 3.43. The van der Waals surface area contributed by atoms with E-state index >= 15 is 0 Å². The van der Waals surface area contributed by atoms with Gasteiger partial charge in [0.2, 0.25) is 0 Å². The molecule has 3 bridgehead atoms. The van der Waals surface area contributed by atoms with E-state index in [2.05, 4.69) is 15.6 Å². The number of imidazole rings is 1. The molecule has 4 fully saturated rings. The minimum Gasteiger partial charge on any atom is -0.332 e. The lowest BCUT2D eigenvalue weighted by atomic mass is 9.43. The predicted molar refractivity (Wildman–Crippen MR) is 101 cm³/mol. The molecule has 0 aliphatic heterocycles. The fourth-order valence-electron chi connectivity index (χ4n) is 6.06. The number of hydrogen-bond donors (Lipinski definition) is 2. The first-order chi connectivity index (χ1) is 12.5. The molecule has 2 N–H and O–H groups in total.